The van der Waals surface area contributed by atoms with Gasteiger partial charge in [-0.2, -0.15) is 0 Å². The van der Waals surface area contributed by atoms with Gasteiger partial charge in [-0.1, -0.05) is 36.4 Å². The summed E-state index contributed by atoms with van der Waals surface area (Å²) in [5, 5.41) is 5.92. The van der Waals surface area contributed by atoms with Crippen LogP contribution in [-0.2, 0) is 11.2 Å². The quantitative estimate of drug-likeness (QED) is 0.454. The predicted octanol–water partition coefficient (Wildman–Crippen LogP) is 4.47. The van der Waals surface area contributed by atoms with Gasteiger partial charge in [-0.15, -0.1) is 11.3 Å². The van der Waals surface area contributed by atoms with E-state index < -0.39 is 11.9 Å². The Morgan fingerprint density at radius 3 is 2.45 bits per heavy atom. The molecule has 3 aromatic rings. The first kappa shape index (κ1) is 24.0. The number of ether oxygens (including phenoxy) is 2. The Hall–Kier alpha value is -3.65. The number of methoxy groups -OCH3 is 1. The van der Waals surface area contributed by atoms with Crippen LogP contribution in [0.15, 0.2) is 54.6 Å². The van der Waals surface area contributed by atoms with Gasteiger partial charge in [0.25, 0.3) is 11.8 Å². The lowest BCUT2D eigenvalue weighted by Gasteiger charge is -2.08. The van der Waals surface area contributed by atoms with Crippen LogP contribution >= 0.6 is 11.3 Å². The molecule has 0 aliphatic carbocycles. The van der Waals surface area contributed by atoms with Crippen molar-refractivity contribution in [3.05, 3.63) is 81.7 Å². The summed E-state index contributed by atoms with van der Waals surface area (Å²) in [6.07, 6.45) is 0.682. The highest BCUT2D eigenvalue weighted by Crippen LogP contribution is 2.34. The lowest BCUT2D eigenvalue weighted by Crippen LogP contribution is -2.25. The average Bonchev–Trinajstić information content (AvgIpc) is 3.15. The fourth-order valence-corrected chi connectivity index (χ4v) is 4.36. The number of nitrogens with one attached hydrogen (secondary N) is 2. The van der Waals surface area contributed by atoms with Crippen LogP contribution in [0.4, 0.5) is 5.00 Å². The van der Waals surface area contributed by atoms with Crippen LogP contribution in [0, 0.1) is 6.92 Å². The van der Waals surface area contributed by atoms with E-state index in [4.69, 9.17) is 9.47 Å². The number of carbonyl (C=O) groups is 3. The molecule has 8 heteroatoms. The molecular weight excluding hydrogens is 440 g/mol. The molecule has 0 saturated heterocycles. The number of carbonyl (C=O) groups excluding carboxylic acids is 3. The van der Waals surface area contributed by atoms with Crippen LogP contribution in [0.5, 0.6) is 5.75 Å². The Kier molecular flexibility index (Phi) is 8.21. The fraction of sp³-hybridized carbons (Fsp3) is 0.240. The van der Waals surface area contributed by atoms with Crippen molar-refractivity contribution >= 4 is 34.1 Å². The number of esters is 1. The van der Waals surface area contributed by atoms with E-state index in [2.05, 4.69) is 10.6 Å². The van der Waals surface area contributed by atoms with Crippen molar-refractivity contribution in [1.82, 2.24) is 5.32 Å². The molecular formula is C25H26N2O5S. The predicted molar refractivity (Wildman–Crippen MR) is 128 cm³/mol. The monoisotopic (exact) mass is 466 g/mol. The van der Waals surface area contributed by atoms with E-state index in [1.54, 1.807) is 38.1 Å². The molecule has 0 fully saturated rings. The van der Waals surface area contributed by atoms with E-state index in [0.29, 0.717) is 34.7 Å². The largest absolute Gasteiger partial charge is 0.497 e. The number of thiophene rings is 1. The lowest BCUT2D eigenvalue weighted by molar-refractivity contribution is 0.0527. The first-order valence-electron chi connectivity index (χ1n) is 10.5. The minimum absolute atomic E-state index is 0.177. The molecule has 0 aliphatic rings. The fourth-order valence-electron chi connectivity index (χ4n) is 3.25. The zero-order valence-electron chi connectivity index (χ0n) is 18.8. The molecule has 0 radical (unpaired) electrons. The Labute approximate surface area is 196 Å². The molecule has 2 amide bonds. The third-order valence-corrected chi connectivity index (χ3v) is 6.14. The number of hydrogen-bond donors (Lipinski definition) is 2. The smallest absolute Gasteiger partial charge is 0.341 e. The average molecular weight is 467 g/mol. The third kappa shape index (κ3) is 5.98. The number of anilines is 1. The van der Waals surface area contributed by atoms with Gasteiger partial charge in [-0.05, 0) is 49.6 Å². The van der Waals surface area contributed by atoms with Crippen molar-refractivity contribution in [2.45, 2.75) is 20.3 Å². The second kappa shape index (κ2) is 11.3. The molecule has 2 N–H and O–H groups in total. The summed E-state index contributed by atoms with van der Waals surface area (Å²) in [5.74, 6) is -0.776. The topological polar surface area (TPSA) is 93.7 Å². The zero-order valence-corrected chi connectivity index (χ0v) is 19.6. The summed E-state index contributed by atoms with van der Waals surface area (Å²) in [6.45, 7) is 4.00. The SMILES string of the molecule is CCOC(=O)c1c(NC(=O)c2cccc(OC)c2)sc(C(=O)NCCc2ccccc2)c1C. The Balaban J connectivity index is 1.81. The summed E-state index contributed by atoms with van der Waals surface area (Å²) in [4.78, 5) is 38.7. The van der Waals surface area contributed by atoms with Gasteiger partial charge in [-0.25, -0.2) is 4.79 Å². The van der Waals surface area contributed by atoms with Gasteiger partial charge < -0.3 is 20.1 Å². The number of amides is 2. The van der Waals surface area contributed by atoms with Crippen LogP contribution in [0.1, 0.15) is 48.4 Å². The van der Waals surface area contributed by atoms with Crippen LogP contribution in [0.2, 0.25) is 0 Å². The van der Waals surface area contributed by atoms with E-state index in [1.165, 1.54) is 7.11 Å². The number of rotatable bonds is 9. The third-order valence-electron chi connectivity index (χ3n) is 4.93. The van der Waals surface area contributed by atoms with E-state index in [1.807, 2.05) is 30.3 Å². The summed E-state index contributed by atoms with van der Waals surface area (Å²) >= 11 is 1.05. The van der Waals surface area contributed by atoms with Crippen LogP contribution in [0.25, 0.3) is 0 Å². The lowest BCUT2D eigenvalue weighted by atomic mass is 10.1. The molecule has 33 heavy (non-hydrogen) atoms. The van der Waals surface area contributed by atoms with E-state index in [0.717, 1.165) is 16.9 Å². The standard InChI is InChI=1S/C25H26N2O5S/c1-4-32-25(30)20-16(2)21(23(29)26-14-13-17-9-6-5-7-10-17)33-24(20)27-22(28)18-11-8-12-19(15-18)31-3/h5-12,15H,4,13-14H2,1-3H3,(H,26,29)(H,27,28). The van der Waals surface area contributed by atoms with Gasteiger partial charge in [0.1, 0.15) is 10.8 Å². The normalized spacial score (nSPS) is 10.4. The molecule has 7 nitrogen and oxygen atoms in total. The summed E-state index contributed by atoms with van der Waals surface area (Å²) in [5.41, 5.74) is 2.13. The maximum atomic E-state index is 12.9. The van der Waals surface area contributed by atoms with Crippen molar-refractivity contribution in [2.24, 2.45) is 0 Å². The molecule has 2 aromatic carbocycles. The molecule has 0 unspecified atom stereocenters. The number of hydrogen-bond acceptors (Lipinski definition) is 6. The molecule has 0 saturated carbocycles. The highest BCUT2D eigenvalue weighted by molar-refractivity contribution is 7.18. The van der Waals surface area contributed by atoms with Crippen molar-refractivity contribution in [3.63, 3.8) is 0 Å². The van der Waals surface area contributed by atoms with Gasteiger partial charge in [0.2, 0.25) is 0 Å². The summed E-state index contributed by atoms with van der Waals surface area (Å²) in [6, 6.07) is 16.5. The highest BCUT2D eigenvalue weighted by Gasteiger charge is 2.27. The van der Waals surface area contributed by atoms with Crippen molar-refractivity contribution in [1.29, 1.82) is 0 Å². The van der Waals surface area contributed by atoms with Gasteiger partial charge in [-0.3, -0.25) is 9.59 Å². The van der Waals surface area contributed by atoms with Crippen molar-refractivity contribution in [3.8, 4) is 5.75 Å². The first-order chi connectivity index (χ1) is 15.9. The maximum Gasteiger partial charge on any atom is 0.341 e. The van der Waals surface area contributed by atoms with Crippen LogP contribution in [0.3, 0.4) is 0 Å². The van der Waals surface area contributed by atoms with Crippen molar-refractivity contribution in [2.75, 3.05) is 25.6 Å². The van der Waals surface area contributed by atoms with Gasteiger partial charge in [0, 0.05) is 12.1 Å². The molecule has 172 valence electrons. The van der Waals surface area contributed by atoms with Crippen molar-refractivity contribution < 1.29 is 23.9 Å². The first-order valence-corrected chi connectivity index (χ1v) is 11.3. The molecule has 0 bridgehead atoms. The molecule has 0 aliphatic heterocycles. The minimum atomic E-state index is -0.587. The van der Waals surface area contributed by atoms with Gasteiger partial charge >= 0.3 is 5.97 Å². The second-order valence-corrected chi connectivity index (χ2v) is 8.18. The van der Waals surface area contributed by atoms with E-state index in [-0.39, 0.29) is 23.1 Å². The van der Waals surface area contributed by atoms with E-state index >= 15 is 0 Å². The molecule has 3 rings (SSSR count). The van der Waals surface area contributed by atoms with Crippen LogP contribution < -0.4 is 15.4 Å². The highest BCUT2D eigenvalue weighted by atomic mass is 32.1. The van der Waals surface area contributed by atoms with Crippen LogP contribution in [-0.4, -0.2) is 38.0 Å². The second-order valence-electron chi connectivity index (χ2n) is 7.16. The Morgan fingerprint density at radius 1 is 1.00 bits per heavy atom. The Bertz CT molecular complexity index is 1140. The molecule has 1 heterocycles. The zero-order chi connectivity index (χ0) is 23.8. The molecule has 1 aromatic heterocycles. The molecule has 0 spiro atoms. The van der Waals surface area contributed by atoms with Gasteiger partial charge in [0.15, 0.2) is 0 Å². The Morgan fingerprint density at radius 2 is 1.76 bits per heavy atom. The maximum absolute atomic E-state index is 12.9. The summed E-state index contributed by atoms with van der Waals surface area (Å²) in [7, 11) is 1.52. The minimum Gasteiger partial charge on any atom is -0.497 e. The molecule has 0 atom stereocenters. The van der Waals surface area contributed by atoms with E-state index in [9.17, 15) is 14.4 Å². The van der Waals surface area contributed by atoms with Gasteiger partial charge in [0.05, 0.1) is 24.2 Å². The summed E-state index contributed by atoms with van der Waals surface area (Å²) < 4.78 is 10.3. The number of benzene rings is 2.